The molecule has 0 unspecified atom stereocenters. The van der Waals surface area contributed by atoms with E-state index in [-0.39, 0.29) is 0 Å². The van der Waals surface area contributed by atoms with Gasteiger partial charge in [0.05, 0.1) is 0 Å². The molecule has 0 aromatic heterocycles. The van der Waals surface area contributed by atoms with Crippen LogP contribution in [0.5, 0.6) is 0 Å². The first-order chi connectivity index (χ1) is 9.42. The van der Waals surface area contributed by atoms with Crippen molar-refractivity contribution < 1.29 is 0 Å². The molecule has 0 radical (unpaired) electrons. The van der Waals surface area contributed by atoms with Crippen molar-refractivity contribution in [1.82, 2.24) is 9.36 Å². The number of hydrogen-bond acceptors (Lipinski definition) is 3. The summed E-state index contributed by atoms with van der Waals surface area (Å²) in [5.74, 6) is 0.833. The van der Waals surface area contributed by atoms with Gasteiger partial charge in [-0.25, -0.2) is 0 Å². The van der Waals surface area contributed by atoms with Gasteiger partial charge in [-0.2, -0.15) is 0 Å². The molecule has 0 aliphatic heterocycles. The fraction of sp³-hybridized carbons (Fsp3) is 1.00. The van der Waals surface area contributed by atoms with E-state index < -0.39 is 20.6 Å². The summed E-state index contributed by atoms with van der Waals surface area (Å²) >= 11 is -1.87. The van der Waals surface area contributed by atoms with E-state index in [2.05, 4.69) is 71.7 Å². The first-order valence-corrected chi connectivity index (χ1v) is 13.1. The fourth-order valence-electron chi connectivity index (χ4n) is 2.34. The predicted octanol–water partition coefficient (Wildman–Crippen LogP) is 3.39. The van der Waals surface area contributed by atoms with Crippen LogP contribution in [0.15, 0.2) is 0 Å². The predicted molar refractivity (Wildman–Crippen MR) is 96.4 cm³/mol. The molecule has 4 heteroatoms. The molecule has 3 nitrogen and oxygen atoms in total. The summed E-state index contributed by atoms with van der Waals surface area (Å²) < 4.78 is 8.26. The van der Waals surface area contributed by atoms with E-state index in [9.17, 15) is 0 Å². The quantitative estimate of drug-likeness (QED) is 0.556. The molecule has 0 N–H and O–H groups in total. The topological polar surface area (TPSA) is 9.72 Å². The minimum absolute atomic E-state index is 0.833. The van der Waals surface area contributed by atoms with Crippen molar-refractivity contribution in [3.05, 3.63) is 0 Å². The molecule has 0 atom stereocenters. The molecule has 0 amide bonds. The van der Waals surface area contributed by atoms with Crippen LogP contribution in [-0.2, 0) is 0 Å². The van der Waals surface area contributed by atoms with Crippen LogP contribution in [0.3, 0.4) is 0 Å². The van der Waals surface area contributed by atoms with E-state index in [1.807, 2.05) is 0 Å². The SMILES string of the molecule is CC(C)C.CC[N](CC)[SnH]([N](CC)CC)[N](CC)CC. The van der Waals surface area contributed by atoms with Gasteiger partial charge in [-0.1, -0.05) is 20.8 Å². The van der Waals surface area contributed by atoms with Crippen LogP contribution in [0.25, 0.3) is 0 Å². The average molecular weight is 394 g/mol. The Hall–Kier alpha value is 0.679. The second kappa shape index (κ2) is 14.6. The van der Waals surface area contributed by atoms with Crippen molar-refractivity contribution in [1.29, 1.82) is 0 Å². The zero-order chi connectivity index (χ0) is 16.1. The van der Waals surface area contributed by atoms with E-state index in [4.69, 9.17) is 0 Å². The first-order valence-electron chi connectivity index (χ1n) is 8.65. The number of rotatable bonds is 9. The monoisotopic (exact) mass is 395 g/mol. The van der Waals surface area contributed by atoms with Gasteiger partial charge in [0.25, 0.3) is 0 Å². The summed E-state index contributed by atoms with van der Waals surface area (Å²) in [6, 6.07) is 0. The maximum atomic E-state index is 2.75. The van der Waals surface area contributed by atoms with E-state index >= 15 is 0 Å². The van der Waals surface area contributed by atoms with Crippen molar-refractivity contribution >= 4 is 20.6 Å². The third-order valence-corrected chi connectivity index (χ3v) is 15.3. The molecule has 0 saturated carbocycles. The Morgan fingerprint density at radius 3 is 0.800 bits per heavy atom. The van der Waals surface area contributed by atoms with Gasteiger partial charge in [-0.3, -0.25) is 0 Å². The molecular formula is C16H41N3Sn. The Bertz CT molecular complexity index is 157. The molecule has 0 saturated heterocycles. The van der Waals surface area contributed by atoms with Crippen LogP contribution in [-0.4, -0.2) is 69.2 Å². The van der Waals surface area contributed by atoms with Gasteiger partial charge in [-0.15, -0.1) is 0 Å². The molecule has 0 bridgehead atoms. The summed E-state index contributed by atoms with van der Waals surface area (Å²) in [5.41, 5.74) is 0. The van der Waals surface area contributed by atoms with Gasteiger partial charge < -0.3 is 0 Å². The molecule has 0 fully saturated rings. The summed E-state index contributed by atoms with van der Waals surface area (Å²) in [6.07, 6.45) is 0. The Kier molecular flexibility index (Phi) is 16.8. The molecule has 20 heavy (non-hydrogen) atoms. The second-order valence-corrected chi connectivity index (χ2v) is 14.0. The Morgan fingerprint density at radius 2 is 0.700 bits per heavy atom. The molecule has 0 spiro atoms. The molecule has 0 aromatic rings. The first kappa shape index (κ1) is 23.0. The Balaban J connectivity index is 0. The van der Waals surface area contributed by atoms with Crippen molar-refractivity contribution in [3.8, 4) is 0 Å². The van der Waals surface area contributed by atoms with E-state index in [0.29, 0.717) is 0 Å². The average Bonchev–Trinajstić information content (AvgIpc) is 2.41. The molecule has 0 rings (SSSR count). The van der Waals surface area contributed by atoms with Crippen molar-refractivity contribution in [2.45, 2.75) is 62.3 Å². The number of hydrogen-bond donors (Lipinski definition) is 0. The summed E-state index contributed by atoms with van der Waals surface area (Å²) in [6.45, 7) is 27.6. The zero-order valence-corrected chi connectivity index (χ0v) is 19.0. The molecule has 0 aliphatic rings. The normalized spacial score (nSPS) is 11.7. The summed E-state index contributed by atoms with van der Waals surface area (Å²) in [5, 5.41) is 0. The standard InChI is InChI=1S/3C4H10N.C4H10.Sn.H/c3*1-3-5-4-2;1-4(2)3;;/h3*3-4H2,1-2H3;4H,1-3H3;;/q3*-1;;+3;. The van der Waals surface area contributed by atoms with Gasteiger partial charge in [0.15, 0.2) is 0 Å². The van der Waals surface area contributed by atoms with Crippen LogP contribution < -0.4 is 0 Å². The molecule has 0 heterocycles. The van der Waals surface area contributed by atoms with Gasteiger partial charge in [-0.05, 0) is 5.92 Å². The van der Waals surface area contributed by atoms with Crippen LogP contribution >= 0.6 is 0 Å². The summed E-state index contributed by atoms with van der Waals surface area (Å²) in [4.78, 5) is 0. The van der Waals surface area contributed by atoms with Gasteiger partial charge in [0, 0.05) is 0 Å². The van der Waals surface area contributed by atoms with E-state index in [1.54, 1.807) is 0 Å². The molecule has 124 valence electrons. The van der Waals surface area contributed by atoms with Gasteiger partial charge in [0.1, 0.15) is 0 Å². The van der Waals surface area contributed by atoms with Crippen molar-refractivity contribution in [2.24, 2.45) is 5.92 Å². The van der Waals surface area contributed by atoms with Crippen molar-refractivity contribution in [2.75, 3.05) is 39.3 Å². The Morgan fingerprint density at radius 1 is 0.550 bits per heavy atom. The third kappa shape index (κ3) is 9.59. The molecule has 0 aliphatic carbocycles. The molecule has 0 aromatic carbocycles. The van der Waals surface area contributed by atoms with Crippen LogP contribution in [0.2, 0.25) is 0 Å². The van der Waals surface area contributed by atoms with Crippen LogP contribution in [0, 0.1) is 5.92 Å². The zero-order valence-electron chi connectivity index (χ0n) is 15.7. The Labute approximate surface area is 137 Å². The minimum atomic E-state index is -1.87. The second-order valence-electron chi connectivity index (χ2n) is 5.74. The fourth-order valence-corrected chi connectivity index (χ4v) is 11.9. The van der Waals surface area contributed by atoms with Crippen LogP contribution in [0.1, 0.15) is 62.3 Å². The van der Waals surface area contributed by atoms with Gasteiger partial charge in [0.2, 0.25) is 0 Å². The summed E-state index contributed by atoms with van der Waals surface area (Å²) in [7, 11) is 0. The number of nitrogens with zero attached hydrogens (tertiary/aromatic N) is 3. The van der Waals surface area contributed by atoms with Crippen LogP contribution in [0.4, 0.5) is 0 Å². The van der Waals surface area contributed by atoms with Gasteiger partial charge >= 0.3 is 111 Å². The van der Waals surface area contributed by atoms with E-state index in [1.165, 1.54) is 39.3 Å². The van der Waals surface area contributed by atoms with Crippen molar-refractivity contribution in [3.63, 3.8) is 0 Å². The maximum absolute atomic E-state index is 2.75. The van der Waals surface area contributed by atoms with E-state index in [0.717, 1.165) is 5.92 Å². The third-order valence-electron chi connectivity index (χ3n) is 3.42. The molecular weight excluding hydrogens is 353 g/mol.